The van der Waals surface area contributed by atoms with Crippen molar-refractivity contribution in [3.63, 3.8) is 0 Å². The monoisotopic (exact) mass is 339 g/mol. The molecule has 0 aliphatic heterocycles. The van der Waals surface area contributed by atoms with Crippen molar-refractivity contribution in [3.8, 4) is 11.5 Å². The van der Waals surface area contributed by atoms with E-state index in [9.17, 15) is 4.39 Å². The van der Waals surface area contributed by atoms with E-state index in [0.29, 0.717) is 27.1 Å². The van der Waals surface area contributed by atoms with Gasteiger partial charge in [-0.25, -0.2) is 4.39 Å². The highest BCUT2D eigenvalue weighted by molar-refractivity contribution is 9.10. The second kappa shape index (κ2) is 6.24. The highest BCUT2D eigenvalue weighted by atomic mass is 79.9. The van der Waals surface area contributed by atoms with Crippen LogP contribution < -0.4 is 15.2 Å². The Morgan fingerprint density at radius 2 is 1.90 bits per heavy atom. The average molecular weight is 340 g/mol. The van der Waals surface area contributed by atoms with E-state index in [1.165, 1.54) is 6.07 Å². The smallest absolute Gasteiger partial charge is 0.129 e. The van der Waals surface area contributed by atoms with Crippen LogP contribution in [0.1, 0.15) is 17.2 Å². The second-order valence-electron chi connectivity index (χ2n) is 4.22. The maximum atomic E-state index is 14.0. The van der Waals surface area contributed by atoms with Gasteiger partial charge in [-0.3, -0.25) is 0 Å². The summed E-state index contributed by atoms with van der Waals surface area (Å²) in [6.07, 6.45) is 0. The summed E-state index contributed by atoms with van der Waals surface area (Å²) in [5.41, 5.74) is 7.29. The third-order valence-electron chi connectivity index (χ3n) is 3.09. The zero-order valence-electron chi connectivity index (χ0n) is 11.2. The van der Waals surface area contributed by atoms with Crippen molar-refractivity contribution in [1.29, 1.82) is 0 Å². The molecule has 106 valence electrons. The lowest BCUT2D eigenvalue weighted by Crippen LogP contribution is -2.15. The first-order valence-electron chi connectivity index (χ1n) is 6.00. The Morgan fingerprint density at radius 1 is 1.15 bits per heavy atom. The third kappa shape index (κ3) is 2.78. The van der Waals surface area contributed by atoms with Crippen LogP contribution in [0.15, 0.2) is 40.9 Å². The van der Waals surface area contributed by atoms with E-state index in [0.717, 1.165) is 0 Å². The molecule has 0 fully saturated rings. The van der Waals surface area contributed by atoms with E-state index >= 15 is 0 Å². The van der Waals surface area contributed by atoms with Crippen LogP contribution in [0, 0.1) is 5.82 Å². The van der Waals surface area contributed by atoms with Crippen LogP contribution in [-0.4, -0.2) is 14.2 Å². The van der Waals surface area contributed by atoms with E-state index in [1.54, 1.807) is 44.6 Å². The molecule has 0 saturated carbocycles. The number of benzene rings is 2. The maximum absolute atomic E-state index is 14.0. The van der Waals surface area contributed by atoms with Crippen molar-refractivity contribution in [2.45, 2.75) is 6.04 Å². The SMILES string of the molecule is COc1ccc(C(N)c2c(F)cccc2Br)c(OC)c1. The Kier molecular flexibility index (Phi) is 4.62. The Bertz CT molecular complexity index is 599. The maximum Gasteiger partial charge on any atom is 0.129 e. The molecule has 3 nitrogen and oxygen atoms in total. The summed E-state index contributed by atoms with van der Waals surface area (Å²) in [7, 11) is 3.11. The number of methoxy groups -OCH3 is 2. The third-order valence-corrected chi connectivity index (χ3v) is 3.78. The number of rotatable bonds is 4. The largest absolute Gasteiger partial charge is 0.497 e. The fourth-order valence-corrected chi connectivity index (χ4v) is 2.63. The molecular formula is C15H15BrFNO2. The fourth-order valence-electron chi connectivity index (χ4n) is 2.04. The van der Waals surface area contributed by atoms with Crippen LogP contribution in [0.5, 0.6) is 11.5 Å². The number of hydrogen-bond acceptors (Lipinski definition) is 3. The topological polar surface area (TPSA) is 44.5 Å². The Morgan fingerprint density at radius 3 is 2.50 bits per heavy atom. The number of ether oxygens (including phenoxy) is 2. The van der Waals surface area contributed by atoms with Crippen LogP contribution in [0.3, 0.4) is 0 Å². The van der Waals surface area contributed by atoms with E-state index < -0.39 is 6.04 Å². The molecule has 0 heterocycles. The molecule has 0 aliphatic carbocycles. The van der Waals surface area contributed by atoms with Crippen molar-refractivity contribution in [2.24, 2.45) is 5.73 Å². The quantitative estimate of drug-likeness (QED) is 0.924. The first kappa shape index (κ1) is 14.8. The molecule has 2 N–H and O–H groups in total. The number of hydrogen-bond donors (Lipinski definition) is 1. The number of halogens is 2. The summed E-state index contributed by atoms with van der Waals surface area (Å²) in [5, 5.41) is 0. The lowest BCUT2D eigenvalue weighted by Gasteiger charge is -2.18. The lowest BCUT2D eigenvalue weighted by molar-refractivity contribution is 0.389. The summed E-state index contributed by atoms with van der Waals surface area (Å²) in [6.45, 7) is 0. The van der Waals surface area contributed by atoms with Crippen molar-refractivity contribution in [3.05, 3.63) is 57.8 Å². The first-order chi connectivity index (χ1) is 9.58. The fraction of sp³-hybridized carbons (Fsp3) is 0.200. The molecule has 0 bridgehead atoms. The highest BCUT2D eigenvalue weighted by Crippen LogP contribution is 2.35. The molecule has 2 aromatic carbocycles. The average Bonchev–Trinajstić information content (AvgIpc) is 2.46. The summed E-state index contributed by atoms with van der Waals surface area (Å²) < 4.78 is 25.1. The normalized spacial score (nSPS) is 12.1. The molecule has 20 heavy (non-hydrogen) atoms. The van der Waals surface area contributed by atoms with Gasteiger partial charge in [-0.2, -0.15) is 0 Å². The molecule has 5 heteroatoms. The van der Waals surface area contributed by atoms with Crippen LogP contribution >= 0.6 is 15.9 Å². The molecule has 2 rings (SSSR count). The van der Waals surface area contributed by atoms with E-state index in [1.807, 2.05) is 0 Å². The van der Waals surface area contributed by atoms with Crippen LogP contribution in [0.25, 0.3) is 0 Å². The minimum Gasteiger partial charge on any atom is -0.497 e. The molecule has 1 atom stereocenters. The lowest BCUT2D eigenvalue weighted by atomic mass is 9.98. The standard InChI is InChI=1S/C15H15BrFNO2/c1-19-9-6-7-10(13(8-9)20-2)15(18)14-11(16)4-3-5-12(14)17/h3-8,15H,18H2,1-2H3. The molecule has 0 radical (unpaired) electrons. The van der Waals surface area contributed by atoms with Gasteiger partial charge in [0.1, 0.15) is 17.3 Å². The van der Waals surface area contributed by atoms with E-state index in [-0.39, 0.29) is 5.82 Å². The van der Waals surface area contributed by atoms with Crippen LogP contribution in [0.4, 0.5) is 4.39 Å². The zero-order chi connectivity index (χ0) is 14.7. The second-order valence-corrected chi connectivity index (χ2v) is 5.08. The summed E-state index contributed by atoms with van der Waals surface area (Å²) in [4.78, 5) is 0. The van der Waals surface area contributed by atoms with Gasteiger partial charge in [0.25, 0.3) is 0 Å². The highest BCUT2D eigenvalue weighted by Gasteiger charge is 2.20. The zero-order valence-corrected chi connectivity index (χ0v) is 12.8. The van der Waals surface area contributed by atoms with Crippen molar-refractivity contribution < 1.29 is 13.9 Å². The van der Waals surface area contributed by atoms with Gasteiger partial charge in [0.2, 0.25) is 0 Å². The summed E-state index contributed by atoms with van der Waals surface area (Å²) in [5.74, 6) is 0.863. The molecule has 0 saturated heterocycles. The van der Waals surface area contributed by atoms with Gasteiger partial charge >= 0.3 is 0 Å². The van der Waals surface area contributed by atoms with Gasteiger partial charge in [-0.15, -0.1) is 0 Å². The van der Waals surface area contributed by atoms with Gasteiger partial charge in [-0.1, -0.05) is 22.0 Å². The van der Waals surface area contributed by atoms with Crippen LogP contribution in [0.2, 0.25) is 0 Å². The number of nitrogens with two attached hydrogens (primary N) is 1. The molecule has 0 spiro atoms. The predicted octanol–water partition coefficient (Wildman–Crippen LogP) is 3.65. The molecule has 0 aromatic heterocycles. The Hall–Kier alpha value is -1.59. The van der Waals surface area contributed by atoms with Gasteiger partial charge in [0.05, 0.1) is 20.3 Å². The van der Waals surface area contributed by atoms with Crippen molar-refractivity contribution >= 4 is 15.9 Å². The van der Waals surface area contributed by atoms with E-state index in [2.05, 4.69) is 15.9 Å². The van der Waals surface area contributed by atoms with Gasteiger partial charge in [0, 0.05) is 21.7 Å². The van der Waals surface area contributed by atoms with Gasteiger partial charge in [-0.05, 0) is 24.3 Å². The minimum absolute atomic E-state index is 0.357. The predicted molar refractivity (Wildman–Crippen MR) is 79.7 cm³/mol. The Labute approximate surface area is 125 Å². The van der Waals surface area contributed by atoms with E-state index in [4.69, 9.17) is 15.2 Å². The first-order valence-corrected chi connectivity index (χ1v) is 6.79. The van der Waals surface area contributed by atoms with Crippen LogP contribution in [-0.2, 0) is 0 Å². The van der Waals surface area contributed by atoms with Gasteiger partial charge in [0.15, 0.2) is 0 Å². The molecule has 2 aromatic rings. The molecule has 1 unspecified atom stereocenters. The summed E-state index contributed by atoms with van der Waals surface area (Å²) >= 11 is 3.33. The molecular weight excluding hydrogens is 325 g/mol. The summed E-state index contributed by atoms with van der Waals surface area (Å²) in [6, 6.07) is 9.41. The molecule has 0 amide bonds. The van der Waals surface area contributed by atoms with Gasteiger partial charge < -0.3 is 15.2 Å². The van der Waals surface area contributed by atoms with Crippen molar-refractivity contribution in [2.75, 3.05) is 14.2 Å². The minimum atomic E-state index is -0.633. The molecule has 0 aliphatic rings. The Balaban J connectivity index is 2.50. The van der Waals surface area contributed by atoms with Crippen molar-refractivity contribution in [1.82, 2.24) is 0 Å².